The first-order valence-corrected chi connectivity index (χ1v) is 7.88. The highest BCUT2D eigenvalue weighted by atomic mass is 79.9. The molecule has 0 aliphatic carbocycles. The molecule has 0 fully saturated rings. The maximum absolute atomic E-state index is 12.3. The third-order valence-electron chi connectivity index (χ3n) is 2.59. The lowest BCUT2D eigenvalue weighted by molar-refractivity contribution is 0.600. The van der Waals surface area contributed by atoms with E-state index in [4.69, 9.17) is 0 Å². The van der Waals surface area contributed by atoms with Gasteiger partial charge in [-0.05, 0) is 43.7 Å². The highest BCUT2D eigenvalue weighted by Gasteiger charge is 2.17. The number of hydrogen-bond acceptors (Lipinski definition) is 3. The Hall–Kier alpha value is -1.40. The Bertz CT molecular complexity index is 714. The molecule has 1 N–H and O–H groups in total. The van der Waals surface area contributed by atoms with Gasteiger partial charge < -0.3 is 0 Å². The number of nitrogens with one attached hydrogen (secondary N) is 1. The van der Waals surface area contributed by atoms with Gasteiger partial charge in [-0.1, -0.05) is 22.0 Å². The molecule has 0 spiro atoms. The maximum atomic E-state index is 12.3. The average molecular weight is 341 g/mol. The number of pyridine rings is 1. The summed E-state index contributed by atoms with van der Waals surface area (Å²) in [5.41, 5.74) is 1.96. The fourth-order valence-electron chi connectivity index (χ4n) is 1.68. The van der Waals surface area contributed by atoms with Crippen LogP contribution in [0.1, 0.15) is 11.3 Å². The molecule has 0 unspecified atom stereocenters. The zero-order valence-electron chi connectivity index (χ0n) is 10.5. The third kappa shape index (κ3) is 3.33. The van der Waals surface area contributed by atoms with E-state index in [2.05, 4.69) is 25.6 Å². The molecule has 6 heteroatoms. The minimum atomic E-state index is -3.59. The molecule has 0 saturated carbocycles. The molecule has 100 valence electrons. The first-order chi connectivity index (χ1) is 8.88. The molecule has 0 atom stereocenters. The Morgan fingerprint density at radius 3 is 2.58 bits per heavy atom. The van der Waals surface area contributed by atoms with Gasteiger partial charge >= 0.3 is 0 Å². The van der Waals surface area contributed by atoms with Gasteiger partial charge in [-0.3, -0.25) is 9.71 Å². The van der Waals surface area contributed by atoms with Gasteiger partial charge in [-0.2, -0.15) is 0 Å². The number of benzene rings is 1. The topological polar surface area (TPSA) is 59.1 Å². The lowest BCUT2D eigenvalue weighted by atomic mass is 10.2. The Balaban J connectivity index is 2.40. The van der Waals surface area contributed by atoms with E-state index in [9.17, 15) is 8.42 Å². The van der Waals surface area contributed by atoms with Crippen LogP contribution in [0.4, 0.5) is 5.69 Å². The highest BCUT2D eigenvalue weighted by Crippen LogP contribution is 2.23. The molecule has 0 aliphatic heterocycles. The van der Waals surface area contributed by atoms with E-state index in [0.717, 1.165) is 10.2 Å². The van der Waals surface area contributed by atoms with Crippen molar-refractivity contribution in [2.75, 3.05) is 4.72 Å². The summed E-state index contributed by atoms with van der Waals surface area (Å²) in [5, 5.41) is 0. The molecular weight excluding hydrogens is 328 g/mol. The van der Waals surface area contributed by atoms with E-state index in [0.29, 0.717) is 11.3 Å². The van der Waals surface area contributed by atoms with Crippen LogP contribution in [0.25, 0.3) is 0 Å². The minimum absolute atomic E-state index is 0.261. The van der Waals surface area contributed by atoms with Crippen LogP contribution in [0.3, 0.4) is 0 Å². The van der Waals surface area contributed by atoms with Gasteiger partial charge in [0, 0.05) is 16.4 Å². The molecule has 0 radical (unpaired) electrons. The number of halogens is 1. The number of aryl methyl sites for hydroxylation is 2. The first kappa shape index (κ1) is 14.0. The first-order valence-electron chi connectivity index (χ1n) is 5.60. The third-order valence-corrected chi connectivity index (χ3v) is 4.61. The van der Waals surface area contributed by atoms with E-state index >= 15 is 0 Å². The van der Waals surface area contributed by atoms with E-state index in [1.165, 1.54) is 0 Å². The summed E-state index contributed by atoms with van der Waals surface area (Å²) in [4.78, 5) is 4.29. The minimum Gasteiger partial charge on any atom is -0.280 e. The molecule has 19 heavy (non-hydrogen) atoms. The fourth-order valence-corrected chi connectivity index (χ4v) is 3.52. The van der Waals surface area contributed by atoms with Crippen molar-refractivity contribution in [2.24, 2.45) is 0 Å². The Labute approximate surface area is 121 Å². The van der Waals surface area contributed by atoms with Gasteiger partial charge in [0.1, 0.15) is 0 Å². The van der Waals surface area contributed by atoms with Gasteiger partial charge in [0.15, 0.2) is 0 Å². The Morgan fingerprint density at radius 1 is 1.16 bits per heavy atom. The van der Waals surface area contributed by atoms with Gasteiger partial charge in [0.05, 0.1) is 10.6 Å². The number of rotatable bonds is 3. The van der Waals surface area contributed by atoms with Crippen LogP contribution >= 0.6 is 15.9 Å². The number of anilines is 1. The molecule has 1 aromatic heterocycles. The van der Waals surface area contributed by atoms with Gasteiger partial charge in [-0.25, -0.2) is 8.42 Å². The second-order valence-electron chi connectivity index (χ2n) is 4.20. The van der Waals surface area contributed by atoms with Crippen LogP contribution in [0.5, 0.6) is 0 Å². The van der Waals surface area contributed by atoms with Gasteiger partial charge in [-0.15, -0.1) is 0 Å². The maximum Gasteiger partial charge on any atom is 0.262 e. The Kier molecular flexibility index (Phi) is 3.91. The fraction of sp³-hybridized carbons (Fsp3) is 0.154. The average Bonchev–Trinajstić information content (AvgIpc) is 2.31. The van der Waals surface area contributed by atoms with Gasteiger partial charge in [0.2, 0.25) is 0 Å². The highest BCUT2D eigenvalue weighted by molar-refractivity contribution is 9.10. The van der Waals surface area contributed by atoms with Crippen molar-refractivity contribution in [1.82, 2.24) is 4.98 Å². The monoisotopic (exact) mass is 340 g/mol. The molecule has 2 aromatic rings. The molecule has 1 aromatic carbocycles. The molecule has 0 aliphatic rings. The number of nitrogens with zero attached hydrogens (tertiary/aromatic N) is 1. The second kappa shape index (κ2) is 5.30. The van der Waals surface area contributed by atoms with Crippen LogP contribution in [-0.2, 0) is 10.0 Å². The normalized spacial score (nSPS) is 11.3. The van der Waals surface area contributed by atoms with Crippen molar-refractivity contribution in [2.45, 2.75) is 18.7 Å². The van der Waals surface area contributed by atoms with Crippen molar-refractivity contribution in [1.29, 1.82) is 0 Å². The number of hydrogen-bond donors (Lipinski definition) is 1. The van der Waals surface area contributed by atoms with E-state index in [1.54, 1.807) is 37.4 Å². The van der Waals surface area contributed by atoms with Crippen molar-refractivity contribution < 1.29 is 8.42 Å². The summed E-state index contributed by atoms with van der Waals surface area (Å²) in [6.07, 6.45) is 1.57. The summed E-state index contributed by atoms with van der Waals surface area (Å²) in [6, 6.07) is 8.47. The van der Waals surface area contributed by atoms with Crippen LogP contribution in [0.15, 0.2) is 45.9 Å². The molecule has 2 rings (SSSR count). The van der Waals surface area contributed by atoms with Crippen molar-refractivity contribution in [3.8, 4) is 0 Å². The molecule has 0 bridgehead atoms. The zero-order valence-corrected chi connectivity index (χ0v) is 12.9. The van der Waals surface area contributed by atoms with E-state index in [-0.39, 0.29) is 4.90 Å². The lowest BCUT2D eigenvalue weighted by Crippen LogP contribution is -2.14. The predicted octanol–water partition coefficient (Wildman–Crippen LogP) is 3.26. The van der Waals surface area contributed by atoms with Crippen molar-refractivity contribution in [3.63, 3.8) is 0 Å². The molecular formula is C13H13BrN2O2S. The molecule has 0 saturated heterocycles. The molecule has 0 amide bonds. The zero-order chi connectivity index (χ0) is 14.0. The summed E-state index contributed by atoms with van der Waals surface area (Å²) in [6.45, 7) is 3.57. The SMILES string of the molecule is Cc1cc(NS(=O)(=O)c2cc(Br)ccc2C)ccn1. The second-order valence-corrected chi connectivity index (χ2v) is 6.77. The van der Waals surface area contributed by atoms with Crippen LogP contribution in [0, 0.1) is 13.8 Å². The molecule has 1 heterocycles. The van der Waals surface area contributed by atoms with Gasteiger partial charge in [0.25, 0.3) is 10.0 Å². The van der Waals surface area contributed by atoms with E-state index < -0.39 is 10.0 Å². The summed E-state index contributed by atoms with van der Waals surface area (Å²) in [5.74, 6) is 0. The Morgan fingerprint density at radius 2 is 1.89 bits per heavy atom. The van der Waals surface area contributed by atoms with Crippen molar-refractivity contribution >= 4 is 31.6 Å². The predicted molar refractivity (Wildman–Crippen MR) is 78.7 cm³/mol. The summed E-state index contributed by atoms with van der Waals surface area (Å²) >= 11 is 3.28. The number of aromatic nitrogens is 1. The standard InChI is InChI=1S/C13H13BrN2O2S/c1-9-3-4-11(14)8-13(9)19(17,18)16-12-5-6-15-10(2)7-12/h3-8H,1-2H3,(H,15,16). The van der Waals surface area contributed by atoms with E-state index in [1.807, 2.05) is 13.0 Å². The number of sulfonamides is 1. The van der Waals surface area contributed by atoms with Crippen LogP contribution in [0.2, 0.25) is 0 Å². The quantitative estimate of drug-likeness (QED) is 0.932. The van der Waals surface area contributed by atoms with Crippen LogP contribution in [-0.4, -0.2) is 13.4 Å². The van der Waals surface area contributed by atoms with Crippen molar-refractivity contribution in [3.05, 3.63) is 52.3 Å². The molecule has 4 nitrogen and oxygen atoms in total. The smallest absolute Gasteiger partial charge is 0.262 e. The van der Waals surface area contributed by atoms with Crippen LogP contribution < -0.4 is 4.72 Å². The lowest BCUT2D eigenvalue weighted by Gasteiger charge is -2.11. The largest absolute Gasteiger partial charge is 0.280 e. The summed E-state index contributed by atoms with van der Waals surface area (Å²) < 4.78 is 27.9. The summed E-state index contributed by atoms with van der Waals surface area (Å²) in [7, 11) is -3.59.